The summed E-state index contributed by atoms with van der Waals surface area (Å²) in [5.74, 6) is 0.0849. The largest absolute Gasteiger partial charge is 0.369 e. The number of rotatable bonds is 5. The molecule has 4 rings (SSSR count). The first-order chi connectivity index (χ1) is 12.6. The molecule has 3 aromatic rings. The van der Waals surface area contributed by atoms with Gasteiger partial charge in [0.15, 0.2) is 5.65 Å². The van der Waals surface area contributed by atoms with Crippen molar-refractivity contribution in [1.82, 2.24) is 19.8 Å². The average molecular weight is 362 g/mol. The van der Waals surface area contributed by atoms with Gasteiger partial charge in [-0.05, 0) is 36.6 Å². The Bertz CT molecular complexity index is 912. The number of aromatic nitrogens is 4. The van der Waals surface area contributed by atoms with Gasteiger partial charge in [-0.1, -0.05) is 12.1 Å². The van der Waals surface area contributed by atoms with Crippen LogP contribution in [0, 0.1) is 11.7 Å². The molecule has 1 atom stereocenters. The molecule has 0 bridgehead atoms. The van der Waals surface area contributed by atoms with Crippen molar-refractivity contribution in [2.45, 2.75) is 12.8 Å². The van der Waals surface area contributed by atoms with E-state index in [9.17, 15) is 13.2 Å². The predicted octanol–water partition coefficient (Wildman–Crippen LogP) is 3.14. The molecule has 2 aromatic heterocycles. The summed E-state index contributed by atoms with van der Waals surface area (Å²) < 4.78 is 40.8. The molecule has 0 amide bonds. The number of alkyl halides is 2. The second-order valence-corrected chi connectivity index (χ2v) is 6.28. The number of nitrogens with one attached hydrogen (secondary N) is 1. The highest BCUT2D eigenvalue weighted by Gasteiger charge is 2.24. The van der Waals surface area contributed by atoms with Crippen molar-refractivity contribution >= 4 is 17.2 Å². The van der Waals surface area contributed by atoms with Gasteiger partial charge in [-0.3, -0.25) is 0 Å². The number of nitrogens with zero attached hydrogens (tertiary/aromatic N) is 5. The summed E-state index contributed by atoms with van der Waals surface area (Å²) in [4.78, 5) is 2.02. The van der Waals surface area contributed by atoms with Crippen LogP contribution < -0.4 is 10.2 Å². The van der Waals surface area contributed by atoms with Crippen LogP contribution in [0.2, 0.25) is 0 Å². The summed E-state index contributed by atoms with van der Waals surface area (Å²) in [6.45, 7) is 2.13. The highest BCUT2D eigenvalue weighted by atomic mass is 19.3. The van der Waals surface area contributed by atoms with Crippen LogP contribution in [0.4, 0.5) is 24.7 Å². The lowest BCUT2D eigenvalue weighted by atomic mass is 10.1. The zero-order valence-electron chi connectivity index (χ0n) is 13.8. The molecule has 26 heavy (non-hydrogen) atoms. The monoisotopic (exact) mass is 362 g/mol. The molecule has 0 spiro atoms. The van der Waals surface area contributed by atoms with Gasteiger partial charge >= 0.3 is 0 Å². The van der Waals surface area contributed by atoms with Crippen LogP contribution in [0.25, 0.3) is 5.65 Å². The maximum Gasteiger partial charge on any atom is 0.299 e. The van der Waals surface area contributed by atoms with E-state index in [4.69, 9.17) is 0 Å². The number of hydrogen-bond acceptors (Lipinski definition) is 5. The molecule has 0 radical (unpaired) electrons. The van der Waals surface area contributed by atoms with E-state index >= 15 is 0 Å². The molecular formula is C17H17F3N6. The maximum atomic E-state index is 13.9. The molecule has 1 aliphatic heterocycles. The van der Waals surface area contributed by atoms with E-state index in [2.05, 4.69) is 20.6 Å². The van der Waals surface area contributed by atoms with Gasteiger partial charge in [0.2, 0.25) is 5.82 Å². The first-order valence-electron chi connectivity index (χ1n) is 8.35. The van der Waals surface area contributed by atoms with Gasteiger partial charge in [-0.25, -0.2) is 13.2 Å². The minimum atomic E-state index is -2.74. The van der Waals surface area contributed by atoms with E-state index in [1.54, 1.807) is 24.3 Å². The second-order valence-electron chi connectivity index (χ2n) is 6.28. The summed E-state index contributed by atoms with van der Waals surface area (Å²) in [5, 5.41) is 14.4. The predicted molar refractivity (Wildman–Crippen MR) is 90.9 cm³/mol. The summed E-state index contributed by atoms with van der Waals surface area (Å²) in [6.07, 6.45) is -1.82. The highest BCUT2D eigenvalue weighted by Crippen LogP contribution is 2.26. The molecule has 1 saturated heterocycles. The Morgan fingerprint density at radius 3 is 2.81 bits per heavy atom. The van der Waals surface area contributed by atoms with E-state index in [0.717, 1.165) is 24.0 Å². The number of hydrogen-bond donors (Lipinski definition) is 1. The summed E-state index contributed by atoms with van der Waals surface area (Å²) >= 11 is 0. The Balaban J connectivity index is 1.41. The lowest BCUT2D eigenvalue weighted by molar-refractivity contribution is 0.137. The summed E-state index contributed by atoms with van der Waals surface area (Å²) in [5.41, 5.74) is 0.887. The lowest BCUT2D eigenvalue weighted by Gasteiger charge is -2.19. The second kappa shape index (κ2) is 6.81. The maximum absolute atomic E-state index is 13.9. The van der Waals surface area contributed by atoms with E-state index in [1.165, 1.54) is 6.07 Å². The third-order valence-corrected chi connectivity index (χ3v) is 4.53. The molecule has 0 aliphatic carbocycles. The van der Waals surface area contributed by atoms with Crippen LogP contribution in [-0.2, 0) is 0 Å². The molecule has 136 valence electrons. The van der Waals surface area contributed by atoms with Crippen molar-refractivity contribution in [3.05, 3.63) is 48.0 Å². The van der Waals surface area contributed by atoms with Crippen molar-refractivity contribution in [2.75, 3.05) is 29.9 Å². The van der Waals surface area contributed by atoms with Gasteiger partial charge in [0.1, 0.15) is 11.6 Å². The van der Waals surface area contributed by atoms with E-state index in [-0.39, 0.29) is 11.5 Å². The Morgan fingerprint density at radius 2 is 2.00 bits per heavy atom. The SMILES string of the molecule is Fc1ccccc1N1CCC(CNc2ccc3nnc(C(F)F)n3n2)C1. The van der Waals surface area contributed by atoms with Crippen molar-refractivity contribution in [3.63, 3.8) is 0 Å². The number of fused-ring (bicyclic) bond motifs is 1. The normalized spacial score (nSPS) is 17.4. The lowest BCUT2D eigenvalue weighted by Crippen LogP contribution is -2.23. The van der Waals surface area contributed by atoms with Gasteiger partial charge in [-0.15, -0.1) is 15.3 Å². The fraction of sp³-hybridized carbons (Fsp3) is 0.353. The molecule has 0 saturated carbocycles. The number of anilines is 2. The topological polar surface area (TPSA) is 58.3 Å². The smallest absolute Gasteiger partial charge is 0.299 e. The molecule has 1 aromatic carbocycles. The Labute approximate surface area is 147 Å². The van der Waals surface area contributed by atoms with Crippen LogP contribution in [0.3, 0.4) is 0 Å². The third kappa shape index (κ3) is 3.16. The first kappa shape index (κ1) is 16.6. The standard InChI is InChI=1S/C17H17F3N6/c18-12-3-1-2-4-13(12)25-8-7-11(10-25)9-21-14-5-6-15-22-23-17(16(19)20)26(15)24-14/h1-6,11,16H,7-10H2,(H,21,24). The van der Waals surface area contributed by atoms with Gasteiger partial charge < -0.3 is 10.2 Å². The summed E-state index contributed by atoms with van der Waals surface area (Å²) in [6, 6.07) is 10.0. The number of halogens is 3. The van der Waals surface area contributed by atoms with Crippen LogP contribution >= 0.6 is 0 Å². The average Bonchev–Trinajstić information content (AvgIpc) is 3.27. The van der Waals surface area contributed by atoms with Gasteiger partial charge in [0.05, 0.1) is 5.69 Å². The van der Waals surface area contributed by atoms with Crippen LogP contribution in [-0.4, -0.2) is 39.4 Å². The molecule has 1 N–H and O–H groups in total. The quantitative estimate of drug-likeness (QED) is 0.756. The number of benzene rings is 1. The first-order valence-corrected chi connectivity index (χ1v) is 8.35. The fourth-order valence-electron chi connectivity index (χ4n) is 3.21. The zero-order chi connectivity index (χ0) is 18.1. The fourth-order valence-corrected chi connectivity index (χ4v) is 3.21. The minimum Gasteiger partial charge on any atom is -0.369 e. The van der Waals surface area contributed by atoms with Gasteiger partial charge in [0.25, 0.3) is 6.43 Å². The molecular weight excluding hydrogens is 345 g/mol. The van der Waals surface area contributed by atoms with Gasteiger partial charge in [0, 0.05) is 19.6 Å². The molecule has 1 aliphatic rings. The molecule has 1 unspecified atom stereocenters. The van der Waals surface area contributed by atoms with E-state index in [0.29, 0.717) is 24.0 Å². The Morgan fingerprint density at radius 1 is 1.15 bits per heavy atom. The van der Waals surface area contributed by atoms with Crippen molar-refractivity contribution < 1.29 is 13.2 Å². The van der Waals surface area contributed by atoms with Crippen LogP contribution in [0.1, 0.15) is 18.7 Å². The van der Waals surface area contributed by atoms with Crippen molar-refractivity contribution in [3.8, 4) is 0 Å². The summed E-state index contributed by atoms with van der Waals surface area (Å²) in [7, 11) is 0. The third-order valence-electron chi connectivity index (χ3n) is 4.53. The van der Waals surface area contributed by atoms with Crippen molar-refractivity contribution in [2.24, 2.45) is 5.92 Å². The zero-order valence-corrected chi connectivity index (χ0v) is 13.8. The van der Waals surface area contributed by atoms with Crippen LogP contribution in [0.5, 0.6) is 0 Å². The highest BCUT2D eigenvalue weighted by molar-refractivity contribution is 5.49. The minimum absolute atomic E-state index is 0.222. The van der Waals surface area contributed by atoms with Crippen LogP contribution in [0.15, 0.2) is 36.4 Å². The van der Waals surface area contributed by atoms with Crippen molar-refractivity contribution in [1.29, 1.82) is 0 Å². The molecule has 1 fully saturated rings. The molecule has 9 heteroatoms. The van der Waals surface area contributed by atoms with E-state index in [1.807, 2.05) is 11.0 Å². The Hall–Kier alpha value is -2.84. The Kier molecular flexibility index (Phi) is 4.36. The molecule has 6 nitrogen and oxygen atoms in total. The van der Waals surface area contributed by atoms with Gasteiger partial charge in [-0.2, -0.15) is 4.52 Å². The van der Waals surface area contributed by atoms with E-state index < -0.39 is 12.2 Å². The molecule has 3 heterocycles. The number of para-hydroxylation sites is 1.